The summed E-state index contributed by atoms with van der Waals surface area (Å²) < 4.78 is 10.3. The molecule has 0 radical (unpaired) electrons. The fraction of sp³-hybridized carbons (Fsp3) is 0.471. The predicted octanol–water partition coefficient (Wildman–Crippen LogP) is 4.82. The Kier molecular flexibility index (Phi) is 10.1. The van der Waals surface area contributed by atoms with Crippen LogP contribution in [0.4, 0.5) is 0 Å². The normalized spacial score (nSPS) is 19.8. The van der Waals surface area contributed by atoms with Gasteiger partial charge in [0.05, 0.1) is 20.8 Å². The van der Waals surface area contributed by atoms with E-state index < -0.39 is 22.5 Å². The van der Waals surface area contributed by atoms with Crippen molar-refractivity contribution in [2.75, 3.05) is 27.3 Å². The Morgan fingerprint density at radius 2 is 1.07 bits per heavy atom. The first kappa shape index (κ1) is 33.1. The average molecular weight is 651 g/mol. The van der Waals surface area contributed by atoms with Gasteiger partial charge >= 0.3 is 5.97 Å². The number of ether oxygens (including phenoxy) is 2. The summed E-state index contributed by atoms with van der Waals surface area (Å²) in [6.45, 7) is -0.397. The molecule has 0 unspecified atom stereocenters. The second-order valence-corrected chi connectivity index (χ2v) is 12.4. The van der Waals surface area contributed by atoms with Crippen LogP contribution in [0.5, 0.6) is 11.5 Å². The zero-order chi connectivity index (χ0) is 32.9. The van der Waals surface area contributed by atoms with Crippen LogP contribution in [-0.4, -0.2) is 88.0 Å². The van der Waals surface area contributed by atoms with E-state index in [0.29, 0.717) is 22.7 Å². The number of hydrogen-bond donors (Lipinski definition) is 1. The zero-order valence-electron chi connectivity index (χ0n) is 26.2. The highest BCUT2D eigenvalue weighted by atomic mass is 35.5. The van der Waals surface area contributed by atoms with Crippen LogP contribution >= 0.6 is 11.6 Å². The van der Waals surface area contributed by atoms with Crippen LogP contribution in [0.1, 0.15) is 75.3 Å². The number of rotatable bonds is 8. The summed E-state index contributed by atoms with van der Waals surface area (Å²) >= 11 is 5.56. The van der Waals surface area contributed by atoms with Gasteiger partial charge in [0.25, 0.3) is 11.8 Å². The van der Waals surface area contributed by atoms with Crippen molar-refractivity contribution in [1.29, 1.82) is 0 Å². The Morgan fingerprint density at radius 1 is 0.696 bits per heavy atom. The van der Waals surface area contributed by atoms with E-state index in [0.717, 1.165) is 75.5 Å². The fourth-order valence-electron chi connectivity index (χ4n) is 6.84. The van der Waals surface area contributed by atoms with Gasteiger partial charge in [-0.05, 0) is 111 Å². The number of amides is 2. The minimum Gasteiger partial charge on any atom is -0.497 e. The molecule has 2 amide bonds. The molecule has 2 saturated carbocycles. The van der Waals surface area contributed by atoms with Crippen LogP contribution in [0, 0.1) is 0 Å². The molecule has 0 bridgehead atoms. The molecule has 0 aromatic heterocycles. The summed E-state index contributed by atoms with van der Waals surface area (Å²) in [5.74, 6) is -0.0884. The molecule has 1 N–H and O–H groups in total. The van der Waals surface area contributed by atoms with E-state index in [4.69, 9.17) is 36.2 Å². The maximum absolute atomic E-state index is 12.8. The van der Waals surface area contributed by atoms with Gasteiger partial charge in [0, 0.05) is 11.1 Å². The topological polar surface area (TPSA) is 138 Å². The Morgan fingerprint density at radius 3 is 1.39 bits per heavy atom. The number of carbonyl (C=O) groups excluding carboxylic acids is 3. The molecule has 2 aliphatic carbocycles. The smallest absolute Gasteiger partial charge is 0.323 e. The van der Waals surface area contributed by atoms with Crippen LogP contribution in [0.25, 0.3) is 0 Å². The second-order valence-electron chi connectivity index (χ2n) is 12.0. The first-order valence-corrected chi connectivity index (χ1v) is 16.0. The second kappa shape index (κ2) is 14.0. The number of benzene rings is 2. The van der Waals surface area contributed by atoms with Crippen molar-refractivity contribution in [3.05, 3.63) is 59.7 Å². The van der Waals surface area contributed by atoms with Crippen molar-refractivity contribution in [2.24, 2.45) is 9.98 Å². The van der Waals surface area contributed by atoms with Crippen LogP contribution in [0.2, 0.25) is 0 Å². The Labute approximate surface area is 273 Å². The lowest BCUT2D eigenvalue weighted by Crippen LogP contribution is -2.50. The van der Waals surface area contributed by atoms with Crippen molar-refractivity contribution < 1.29 is 33.8 Å². The molecule has 6 rings (SSSR count). The summed E-state index contributed by atoms with van der Waals surface area (Å²) in [6, 6.07) is 14.4. The van der Waals surface area contributed by atoms with Gasteiger partial charge in [-0.3, -0.25) is 29.2 Å². The summed E-state index contributed by atoms with van der Waals surface area (Å²) in [7, 11) is 3.18. The summed E-state index contributed by atoms with van der Waals surface area (Å²) in [4.78, 5) is 60.7. The predicted molar refractivity (Wildman–Crippen MR) is 173 cm³/mol. The third-order valence-corrected chi connectivity index (χ3v) is 9.27. The highest BCUT2D eigenvalue weighted by Crippen LogP contribution is 2.41. The Hall–Kier alpha value is -4.25. The molecule has 2 spiro atoms. The standard InChI is InChI=1S/C17H19ClN2O3.C17H20N2O4/c1-23-13-7-5-12(6-8-13)15-16(22)20(11-14(18)21)17(19-15)9-3-2-4-10-17;1-23-13-7-5-12(6-8-13)15-16(22)19(11-14(20)21)17(18-15)9-3-2-4-10-17/h5-8H,2-4,9-11H2,1H3;5-8H,2-4,9-11H2,1H3,(H,20,21). The number of hydrogen-bond acceptors (Lipinski definition) is 8. The molecule has 12 heteroatoms. The maximum Gasteiger partial charge on any atom is 0.323 e. The molecule has 46 heavy (non-hydrogen) atoms. The third-order valence-electron chi connectivity index (χ3n) is 9.15. The maximum atomic E-state index is 12.8. The third kappa shape index (κ3) is 6.79. The summed E-state index contributed by atoms with van der Waals surface area (Å²) in [6.07, 6.45) is 9.17. The molecular weight excluding hydrogens is 612 g/mol. The lowest BCUT2D eigenvalue weighted by molar-refractivity contribution is -0.145. The zero-order valence-corrected chi connectivity index (χ0v) is 26.9. The van der Waals surface area contributed by atoms with E-state index in [2.05, 4.69) is 0 Å². The van der Waals surface area contributed by atoms with E-state index in [1.54, 1.807) is 55.5 Å². The molecule has 11 nitrogen and oxygen atoms in total. The lowest BCUT2D eigenvalue weighted by atomic mass is 9.88. The van der Waals surface area contributed by atoms with E-state index in [1.165, 1.54) is 4.90 Å². The summed E-state index contributed by atoms with van der Waals surface area (Å²) in [5, 5.41) is 8.64. The highest BCUT2D eigenvalue weighted by Gasteiger charge is 2.49. The van der Waals surface area contributed by atoms with Crippen LogP contribution < -0.4 is 9.47 Å². The van der Waals surface area contributed by atoms with Crippen LogP contribution in [0.15, 0.2) is 58.5 Å². The van der Waals surface area contributed by atoms with E-state index in [1.807, 2.05) is 12.1 Å². The molecule has 2 aliphatic heterocycles. The number of carboxylic acid groups (broad SMARTS) is 1. The Balaban J connectivity index is 0.000000181. The molecule has 244 valence electrons. The van der Waals surface area contributed by atoms with Gasteiger partial charge in [-0.25, -0.2) is 0 Å². The molecule has 2 heterocycles. The molecule has 2 fully saturated rings. The number of methoxy groups -OCH3 is 2. The average Bonchev–Trinajstić information content (AvgIpc) is 3.47. The van der Waals surface area contributed by atoms with Gasteiger partial charge in [0.15, 0.2) is 0 Å². The van der Waals surface area contributed by atoms with Crippen molar-refractivity contribution in [1.82, 2.24) is 9.80 Å². The first-order valence-electron chi connectivity index (χ1n) is 15.6. The minimum absolute atomic E-state index is 0.0937. The highest BCUT2D eigenvalue weighted by molar-refractivity contribution is 6.64. The number of halogens is 1. The van der Waals surface area contributed by atoms with Gasteiger partial charge in [-0.2, -0.15) is 0 Å². The van der Waals surface area contributed by atoms with E-state index in [9.17, 15) is 19.2 Å². The summed E-state index contributed by atoms with van der Waals surface area (Å²) in [5.41, 5.74) is 0.931. The number of carboxylic acids is 1. The van der Waals surface area contributed by atoms with Crippen molar-refractivity contribution in [2.45, 2.75) is 75.5 Å². The molecule has 2 aromatic rings. The van der Waals surface area contributed by atoms with Gasteiger partial charge in [-0.15, -0.1) is 0 Å². The fourth-order valence-corrected chi connectivity index (χ4v) is 6.96. The van der Waals surface area contributed by atoms with E-state index in [-0.39, 0.29) is 24.9 Å². The van der Waals surface area contributed by atoms with Gasteiger partial charge < -0.3 is 24.4 Å². The van der Waals surface area contributed by atoms with Crippen molar-refractivity contribution in [3.8, 4) is 11.5 Å². The number of nitrogens with zero attached hydrogens (tertiary/aromatic N) is 4. The number of aliphatic imine (C=N–C) groups is 2. The molecule has 2 aromatic carbocycles. The Bertz CT molecular complexity index is 1410. The monoisotopic (exact) mass is 650 g/mol. The van der Waals surface area contributed by atoms with Crippen LogP contribution in [-0.2, 0) is 19.2 Å². The number of aliphatic carboxylic acids is 1. The quantitative estimate of drug-likeness (QED) is 0.404. The SMILES string of the molecule is COc1ccc(C2=NC3(CCCCC3)N(CC(=O)Cl)C2=O)cc1.COc1ccc(C2=NC3(CCCCC3)N(CC(=O)O)C2=O)cc1. The van der Waals surface area contributed by atoms with E-state index >= 15 is 0 Å². The van der Waals surface area contributed by atoms with Gasteiger partial charge in [-0.1, -0.05) is 12.8 Å². The first-order chi connectivity index (χ1) is 22.1. The van der Waals surface area contributed by atoms with Gasteiger partial charge in [0.2, 0.25) is 5.24 Å². The molecule has 0 saturated heterocycles. The molecule has 4 aliphatic rings. The molecular formula is C34H39ClN4O7. The van der Waals surface area contributed by atoms with Crippen molar-refractivity contribution >= 4 is 46.1 Å². The van der Waals surface area contributed by atoms with Gasteiger partial charge in [0.1, 0.15) is 40.8 Å². The largest absolute Gasteiger partial charge is 0.497 e. The lowest BCUT2D eigenvalue weighted by Gasteiger charge is -2.38. The minimum atomic E-state index is -1.01. The molecule has 0 atom stereocenters. The van der Waals surface area contributed by atoms with Crippen molar-refractivity contribution in [3.63, 3.8) is 0 Å². The number of carbonyl (C=O) groups is 4. The van der Waals surface area contributed by atoms with Crippen LogP contribution in [0.3, 0.4) is 0 Å².